The second-order valence-corrected chi connectivity index (χ2v) is 1.64. The van der Waals surface area contributed by atoms with Crippen LogP contribution >= 0.6 is 0 Å². The Kier molecular flexibility index (Phi) is 26.0. The van der Waals surface area contributed by atoms with Crippen LogP contribution < -0.4 is 0 Å². The van der Waals surface area contributed by atoms with E-state index in [2.05, 4.69) is 9.47 Å². The van der Waals surface area contributed by atoms with Crippen LogP contribution in [0.3, 0.4) is 0 Å². The van der Waals surface area contributed by atoms with Crippen molar-refractivity contribution in [2.45, 2.75) is 0 Å². The van der Waals surface area contributed by atoms with Crippen molar-refractivity contribution in [3.63, 3.8) is 0 Å². The zero-order chi connectivity index (χ0) is 11.3. The van der Waals surface area contributed by atoms with E-state index in [1.54, 1.807) is 0 Å². The van der Waals surface area contributed by atoms with Crippen molar-refractivity contribution in [1.82, 2.24) is 0 Å². The van der Waals surface area contributed by atoms with E-state index < -0.39 is 30.0 Å². The summed E-state index contributed by atoms with van der Waals surface area (Å²) in [6, 6.07) is 0. The van der Waals surface area contributed by atoms with Gasteiger partial charge in [-0.15, -0.1) is 0 Å². The van der Waals surface area contributed by atoms with Gasteiger partial charge >= 0.3 is 76.1 Å². The van der Waals surface area contributed by atoms with Gasteiger partial charge in [-0.1, -0.05) is 0 Å². The van der Waals surface area contributed by atoms with E-state index in [0.29, 0.717) is 0 Å². The first-order chi connectivity index (χ1) is 6.34. The number of carboxylic acids is 2. The van der Waals surface area contributed by atoms with E-state index in [1.165, 1.54) is 0 Å². The van der Waals surface area contributed by atoms with Crippen LogP contribution in [0.4, 0.5) is 4.79 Å². The summed E-state index contributed by atoms with van der Waals surface area (Å²) in [5.74, 6) is -8.17. The fourth-order valence-electron chi connectivity index (χ4n) is 0.260. The SMILES string of the molecule is O=C(OC(=O)C(=O)O)OC(=O)C(=O)O.[Cu].[Cu].[H-].[H-].[H-].[H-].[Mg+2].[Mg+2]. The molecule has 0 fully saturated rings. The molecule has 0 bridgehead atoms. The Labute approximate surface area is 158 Å². The van der Waals surface area contributed by atoms with Gasteiger partial charge in [0.05, 0.1) is 0 Å². The van der Waals surface area contributed by atoms with E-state index in [-0.39, 0.29) is 85.9 Å². The van der Waals surface area contributed by atoms with Gasteiger partial charge in [-0.2, -0.15) is 0 Å². The second kappa shape index (κ2) is 15.2. The van der Waals surface area contributed by atoms with Crippen LogP contribution in [-0.2, 0) is 62.8 Å². The number of rotatable bonds is 0. The Morgan fingerprint density at radius 2 is 0.944 bits per heavy atom. The van der Waals surface area contributed by atoms with E-state index in [9.17, 15) is 24.0 Å². The maximum atomic E-state index is 10.3. The van der Waals surface area contributed by atoms with Crippen molar-refractivity contribution in [3.05, 3.63) is 0 Å². The van der Waals surface area contributed by atoms with Crippen LogP contribution in [0.25, 0.3) is 0 Å². The molecule has 0 unspecified atom stereocenters. The molecule has 2 radical (unpaired) electrons. The molecule has 9 nitrogen and oxygen atoms in total. The molecule has 2 N–H and O–H groups in total. The maximum absolute atomic E-state index is 10.3. The number of aliphatic carboxylic acids is 2. The monoisotopic (exact) mass is 384 g/mol. The minimum Gasteiger partial charge on any atom is -1.00 e. The molecule has 106 valence electrons. The van der Waals surface area contributed by atoms with Crippen molar-refractivity contribution in [1.29, 1.82) is 0 Å². The molecule has 0 amide bonds. The molecule has 18 heavy (non-hydrogen) atoms. The smallest absolute Gasteiger partial charge is 1.00 e. The van der Waals surface area contributed by atoms with Gasteiger partial charge in [0.15, 0.2) is 0 Å². The Morgan fingerprint density at radius 1 is 0.722 bits per heavy atom. The van der Waals surface area contributed by atoms with Crippen LogP contribution in [-0.4, -0.2) is 86.4 Å². The molecule has 0 aliphatic heterocycles. The van der Waals surface area contributed by atoms with Crippen LogP contribution in [0, 0.1) is 0 Å². The number of ether oxygens (including phenoxy) is 2. The molecular formula is C5H6Cu2Mg2O9. The van der Waals surface area contributed by atoms with Crippen LogP contribution in [0.2, 0.25) is 0 Å². The van der Waals surface area contributed by atoms with E-state index in [4.69, 9.17) is 10.2 Å². The normalized spacial score (nSPS) is 6.67. The summed E-state index contributed by atoms with van der Waals surface area (Å²) < 4.78 is 6.70. The molecule has 0 aliphatic rings. The van der Waals surface area contributed by atoms with E-state index in [1.807, 2.05) is 0 Å². The second-order valence-electron chi connectivity index (χ2n) is 1.64. The van der Waals surface area contributed by atoms with Gasteiger partial charge in [0, 0.05) is 34.1 Å². The molecule has 0 heterocycles. The van der Waals surface area contributed by atoms with Gasteiger partial charge in [-0.05, 0) is 0 Å². The predicted octanol–water partition coefficient (Wildman–Crippen LogP) is -1.95. The number of carbonyl (C=O) groups is 5. The first kappa shape index (κ1) is 30.9. The topological polar surface area (TPSA) is 144 Å². The molecule has 13 heteroatoms. The summed E-state index contributed by atoms with van der Waals surface area (Å²) in [5.41, 5.74) is 0. The first-order valence-electron chi connectivity index (χ1n) is 2.78. The molecule has 0 saturated carbocycles. The number of carboxylic acid groups (broad SMARTS) is 2. The number of esters is 2. The third-order valence-electron chi connectivity index (χ3n) is 0.701. The number of hydrogen-bond acceptors (Lipinski definition) is 7. The third kappa shape index (κ3) is 14.2. The van der Waals surface area contributed by atoms with Gasteiger partial charge in [0.2, 0.25) is 0 Å². The Bertz CT molecular complexity index is 316. The number of carbonyl (C=O) groups excluding carboxylic acids is 3. The third-order valence-corrected chi connectivity index (χ3v) is 0.701. The minimum absolute atomic E-state index is 0. The largest absolute Gasteiger partial charge is 2.00 e. The summed E-state index contributed by atoms with van der Waals surface area (Å²) >= 11 is 0. The van der Waals surface area contributed by atoms with Crippen molar-refractivity contribution in [2.75, 3.05) is 0 Å². The van der Waals surface area contributed by atoms with Gasteiger partial charge < -0.3 is 25.4 Å². The zero-order valence-electron chi connectivity index (χ0n) is 12.3. The Hall–Kier alpha value is 0.121. The summed E-state index contributed by atoms with van der Waals surface area (Å²) in [5, 5.41) is 15.8. The average molecular weight is 386 g/mol. The summed E-state index contributed by atoms with van der Waals surface area (Å²) in [4.78, 5) is 50.0. The maximum Gasteiger partial charge on any atom is 2.00 e. The van der Waals surface area contributed by atoms with Crippen LogP contribution in [0.1, 0.15) is 5.71 Å². The van der Waals surface area contributed by atoms with Gasteiger partial charge in [-0.3, -0.25) is 0 Å². The fourth-order valence-corrected chi connectivity index (χ4v) is 0.260. The zero-order valence-corrected chi connectivity index (χ0v) is 13.0. The number of hydrogen-bond donors (Lipinski definition) is 2. The Balaban J connectivity index is -0.0000000302. The molecule has 0 saturated heterocycles. The molecule has 0 aromatic carbocycles. The van der Waals surface area contributed by atoms with Gasteiger partial charge in [0.25, 0.3) is 0 Å². The van der Waals surface area contributed by atoms with E-state index >= 15 is 0 Å². The molecular weight excluding hydrogens is 380 g/mol. The molecule has 0 rings (SSSR count). The minimum atomic E-state index is -2.09. The quantitative estimate of drug-likeness (QED) is 0.210. The van der Waals surface area contributed by atoms with E-state index in [0.717, 1.165) is 0 Å². The average Bonchev–Trinajstić information content (AvgIpc) is 2.03. The van der Waals surface area contributed by atoms with Crippen molar-refractivity contribution >= 4 is 76.1 Å². The summed E-state index contributed by atoms with van der Waals surface area (Å²) in [6.07, 6.45) is -2.02. The van der Waals surface area contributed by atoms with Crippen molar-refractivity contribution < 1.29 is 83.5 Å². The fraction of sp³-hybridized carbons (Fsp3) is 0. The molecule has 0 atom stereocenters. The molecule has 0 aromatic rings. The van der Waals surface area contributed by atoms with Crippen LogP contribution in [0.15, 0.2) is 0 Å². The first-order valence-corrected chi connectivity index (χ1v) is 2.78. The Morgan fingerprint density at radius 3 is 1.11 bits per heavy atom. The summed E-state index contributed by atoms with van der Waals surface area (Å²) in [6.45, 7) is 0. The van der Waals surface area contributed by atoms with Crippen molar-refractivity contribution in [2.24, 2.45) is 0 Å². The summed E-state index contributed by atoms with van der Waals surface area (Å²) in [7, 11) is 0. The van der Waals surface area contributed by atoms with Gasteiger partial charge in [-0.25, -0.2) is 24.0 Å². The van der Waals surface area contributed by atoms with Crippen molar-refractivity contribution in [3.8, 4) is 0 Å². The van der Waals surface area contributed by atoms with Gasteiger partial charge in [0.1, 0.15) is 0 Å². The standard InChI is InChI=1S/C5H2O9.2Cu.2Mg.4H/c6-1(7)3(10)13-5(12)14-4(11)2(8)9;;;;;;;;/h(H,6,7)(H,8,9);;;;;;;;/q;;;2*+2;4*-1. The molecule has 0 spiro atoms. The predicted molar refractivity (Wildman–Crippen MR) is 48.8 cm³/mol. The molecule has 0 aromatic heterocycles. The van der Waals surface area contributed by atoms with Crippen LogP contribution in [0.5, 0.6) is 0 Å². The molecule has 0 aliphatic carbocycles.